The Hall–Kier alpha value is -2.10. The fraction of sp³-hybridized carbons (Fsp3) is 0.375. The molecule has 3 rings (SSSR count). The number of hydrogen-bond donors (Lipinski definition) is 0. The van der Waals surface area contributed by atoms with Crippen LogP contribution < -0.4 is 4.74 Å². The van der Waals surface area contributed by atoms with Gasteiger partial charge in [-0.2, -0.15) is 0 Å². The van der Waals surface area contributed by atoms with Gasteiger partial charge in [0.1, 0.15) is 5.75 Å². The van der Waals surface area contributed by atoms with Crippen molar-refractivity contribution < 1.29 is 14.3 Å². The van der Waals surface area contributed by atoms with Gasteiger partial charge in [0.05, 0.1) is 19.7 Å². The van der Waals surface area contributed by atoms with E-state index >= 15 is 0 Å². The smallest absolute Gasteiger partial charge is 0.356 e. The van der Waals surface area contributed by atoms with Crippen LogP contribution in [-0.4, -0.2) is 25.2 Å². The van der Waals surface area contributed by atoms with Crippen molar-refractivity contribution in [1.82, 2.24) is 4.98 Å². The molecule has 0 spiro atoms. The maximum atomic E-state index is 11.8. The molecular formula is C16H17NO3. The molecule has 0 radical (unpaired) electrons. The first-order valence-electron chi connectivity index (χ1n) is 6.82. The number of esters is 1. The number of benzene rings is 1. The maximum absolute atomic E-state index is 11.8. The highest BCUT2D eigenvalue weighted by Crippen LogP contribution is 2.33. The van der Waals surface area contributed by atoms with Crippen LogP contribution in [0.1, 0.15) is 34.5 Å². The van der Waals surface area contributed by atoms with Gasteiger partial charge in [0.2, 0.25) is 0 Å². The molecule has 0 unspecified atom stereocenters. The Morgan fingerprint density at radius 3 is 2.75 bits per heavy atom. The summed E-state index contributed by atoms with van der Waals surface area (Å²) in [7, 11) is 2.97. The molecule has 20 heavy (non-hydrogen) atoms. The summed E-state index contributed by atoms with van der Waals surface area (Å²) in [5, 5.41) is 0.959. The molecule has 0 N–H and O–H groups in total. The van der Waals surface area contributed by atoms with Gasteiger partial charge < -0.3 is 9.47 Å². The number of hydrogen-bond acceptors (Lipinski definition) is 4. The fourth-order valence-corrected chi connectivity index (χ4v) is 2.87. The lowest BCUT2D eigenvalue weighted by Crippen LogP contribution is -2.09. The average molecular weight is 271 g/mol. The summed E-state index contributed by atoms with van der Waals surface area (Å²) in [5.74, 6) is 0.238. The minimum atomic E-state index is -0.432. The number of rotatable bonds is 2. The molecule has 4 heteroatoms. The lowest BCUT2D eigenvalue weighted by molar-refractivity contribution is 0.0594. The molecule has 1 aromatic carbocycles. The zero-order chi connectivity index (χ0) is 14.1. The number of aromatic nitrogens is 1. The van der Waals surface area contributed by atoms with Crippen molar-refractivity contribution in [2.24, 2.45) is 0 Å². The van der Waals surface area contributed by atoms with Gasteiger partial charge in [0.15, 0.2) is 5.69 Å². The second-order valence-electron chi connectivity index (χ2n) is 5.01. The topological polar surface area (TPSA) is 48.4 Å². The van der Waals surface area contributed by atoms with Gasteiger partial charge in [0, 0.05) is 11.5 Å². The number of carbonyl (C=O) groups is 1. The molecule has 1 aliphatic carbocycles. The molecule has 0 saturated carbocycles. The van der Waals surface area contributed by atoms with E-state index in [2.05, 4.69) is 11.1 Å². The maximum Gasteiger partial charge on any atom is 0.356 e. The van der Waals surface area contributed by atoms with Crippen LogP contribution in [0.4, 0.5) is 0 Å². The van der Waals surface area contributed by atoms with Crippen LogP contribution in [0.25, 0.3) is 10.9 Å². The predicted molar refractivity (Wildman–Crippen MR) is 76.3 cm³/mol. The quantitative estimate of drug-likeness (QED) is 0.788. The van der Waals surface area contributed by atoms with E-state index < -0.39 is 5.97 Å². The van der Waals surface area contributed by atoms with Crippen molar-refractivity contribution >= 4 is 16.9 Å². The first kappa shape index (κ1) is 12.9. The Bertz CT molecular complexity index is 679. The summed E-state index contributed by atoms with van der Waals surface area (Å²) in [6.07, 6.45) is 4.47. The number of carbonyl (C=O) groups excluding carboxylic acids is 1. The molecule has 0 bridgehead atoms. The predicted octanol–water partition coefficient (Wildman–Crippen LogP) is 2.91. The molecule has 0 saturated heterocycles. The molecular weight excluding hydrogens is 254 g/mol. The highest BCUT2D eigenvalue weighted by Gasteiger charge is 2.18. The third-order valence-corrected chi connectivity index (χ3v) is 3.88. The summed E-state index contributed by atoms with van der Waals surface area (Å²) in [6.45, 7) is 0. The van der Waals surface area contributed by atoms with Crippen molar-refractivity contribution in [3.63, 3.8) is 0 Å². The van der Waals surface area contributed by atoms with E-state index in [0.717, 1.165) is 23.7 Å². The zero-order valence-corrected chi connectivity index (χ0v) is 11.7. The Morgan fingerprint density at radius 2 is 2.00 bits per heavy atom. The zero-order valence-electron chi connectivity index (χ0n) is 11.7. The molecule has 1 heterocycles. The number of methoxy groups -OCH3 is 2. The van der Waals surface area contributed by atoms with Crippen LogP contribution in [0.3, 0.4) is 0 Å². The first-order valence-corrected chi connectivity index (χ1v) is 6.82. The molecule has 1 aromatic heterocycles. The van der Waals surface area contributed by atoms with Crippen molar-refractivity contribution in [3.05, 3.63) is 35.0 Å². The van der Waals surface area contributed by atoms with Crippen LogP contribution in [0.2, 0.25) is 0 Å². The molecule has 104 valence electrons. The number of aryl methyl sites for hydroxylation is 2. The highest BCUT2D eigenvalue weighted by atomic mass is 16.5. The Morgan fingerprint density at radius 1 is 1.20 bits per heavy atom. The average Bonchev–Trinajstić information content (AvgIpc) is 2.52. The Balaban J connectivity index is 2.29. The number of fused-ring (bicyclic) bond motifs is 3. The van der Waals surface area contributed by atoms with Gasteiger partial charge in [-0.25, -0.2) is 9.78 Å². The second-order valence-corrected chi connectivity index (χ2v) is 5.01. The SMILES string of the molecule is COC(=O)c1cc(OC)c2ccc3c(c2n1)CCCC3. The molecule has 0 aliphatic heterocycles. The van der Waals surface area contributed by atoms with Crippen LogP contribution in [0, 0.1) is 0 Å². The summed E-state index contributed by atoms with van der Waals surface area (Å²) in [6, 6.07) is 5.83. The van der Waals surface area contributed by atoms with Crippen LogP contribution in [0.5, 0.6) is 5.75 Å². The standard InChI is InChI=1S/C16H17NO3/c1-19-14-9-13(16(18)20-2)17-15-11-6-4-3-5-10(11)7-8-12(14)15/h7-9H,3-6H2,1-2H3. The van der Waals surface area contributed by atoms with E-state index in [-0.39, 0.29) is 0 Å². The highest BCUT2D eigenvalue weighted by molar-refractivity contribution is 5.95. The van der Waals surface area contributed by atoms with Crippen LogP contribution in [0.15, 0.2) is 18.2 Å². The summed E-state index contributed by atoms with van der Waals surface area (Å²) in [4.78, 5) is 16.3. The third kappa shape index (κ3) is 2.01. The number of pyridine rings is 1. The lowest BCUT2D eigenvalue weighted by atomic mass is 9.89. The summed E-state index contributed by atoms with van der Waals surface area (Å²) in [5.41, 5.74) is 3.76. The largest absolute Gasteiger partial charge is 0.496 e. The van der Waals surface area contributed by atoms with E-state index in [1.807, 2.05) is 6.07 Å². The molecule has 0 amide bonds. The monoisotopic (exact) mass is 271 g/mol. The minimum Gasteiger partial charge on any atom is -0.496 e. The van der Waals surface area contributed by atoms with Crippen molar-refractivity contribution in [3.8, 4) is 5.75 Å². The van der Waals surface area contributed by atoms with Gasteiger partial charge in [-0.1, -0.05) is 6.07 Å². The first-order chi connectivity index (χ1) is 9.74. The number of nitrogens with zero attached hydrogens (tertiary/aromatic N) is 1. The third-order valence-electron chi connectivity index (χ3n) is 3.88. The van der Waals surface area contributed by atoms with E-state index in [1.165, 1.54) is 31.1 Å². The minimum absolute atomic E-state index is 0.302. The van der Waals surface area contributed by atoms with Gasteiger partial charge in [-0.3, -0.25) is 0 Å². The van der Waals surface area contributed by atoms with Crippen molar-refractivity contribution in [2.45, 2.75) is 25.7 Å². The molecule has 2 aromatic rings. The summed E-state index contributed by atoms with van der Waals surface area (Å²) < 4.78 is 10.2. The Labute approximate surface area is 117 Å². The second kappa shape index (κ2) is 5.12. The van der Waals surface area contributed by atoms with Gasteiger partial charge in [-0.15, -0.1) is 0 Å². The Kier molecular flexibility index (Phi) is 3.30. The van der Waals surface area contributed by atoms with E-state index in [9.17, 15) is 4.79 Å². The lowest BCUT2D eigenvalue weighted by Gasteiger charge is -2.18. The van der Waals surface area contributed by atoms with Crippen LogP contribution in [-0.2, 0) is 17.6 Å². The molecule has 0 fully saturated rings. The van der Waals surface area contributed by atoms with Gasteiger partial charge >= 0.3 is 5.97 Å². The van der Waals surface area contributed by atoms with Gasteiger partial charge in [-0.05, 0) is 42.9 Å². The molecule has 4 nitrogen and oxygen atoms in total. The van der Waals surface area contributed by atoms with Gasteiger partial charge in [0.25, 0.3) is 0 Å². The summed E-state index contributed by atoms with van der Waals surface area (Å²) >= 11 is 0. The number of ether oxygens (including phenoxy) is 2. The van der Waals surface area contributed by atoms with Crippen molar-refractivity contribution in [1.29, 1.82) is 0 Å². The van der Waals surface area contributed by atoms with E-state index in [0.29, 0.717) is 11.4 Å². The normalized spacial score (nSPS) is 13.9. The van der Waals surface area contributed by atoms with E-state index in [4.69, 9.17) is 9.47 Å². The van der Waals surface area contributed by atoms with Crippen molar-refractivity contribution in [2.75, 3.05) is 14.2 Å². The van der Waals surface area contributed by atoms with E-state index in [1.54, 1.807) is 13.2 Å². The molecule has 0 atom stereocenters. The van der Waals surface area contributed by atoms with Crippen LogP contribution >= 0.6 is 0 Å². The fourth-order valence-electron chi connectivity index (χ4n) is 2.87. The molecule has 1 aliphatic rings.